The van der Waals surface area contributed by atoms with E-state index < -0.39 is 0 Å². The van der Waals surface area contributed by atoms with Crippen LogP contribution in [0.4, 0.5) is 10.5 Å². The molecule has 0 aromatic heterocycles. The number of benzene rings is 1. The third kappa shape index (κ3) is 5.54. The van der Waals surface area contributed by atoms with Gasteiger partial charge in [-0.05, 0) is 35.3 Å². The molecule has 130 valence electrons. The lowest BCUT2D eigenvalue weighted by molar-refractivity contribution is 0.227. The topological polar surface area (TPSA) is 61.4 Å². The van der Waals surface area contributed by atoms with Gasteiger partial charge in [-0.1, -0.05) is 59.7 Å². The molecule has 23 heavy (non-hydrogen) atoms. The summed E-state index contributed by atoms with van der Waals surface area (Å²) in [5, 5.41) is 15.2. The Bertz CT molecular complexity index is 484. The Balaban J connectivity index is 3.00. The monoisotopic (exact) mass is 320 g/mol. The number of urea groups is 1. The maximum Gasteiger partial charge on any atom is 0.319 e. The van der Waals surface area contributed by atoms with Crippen LogP contribution < -0.4 is 10.6 Å². The lowest BCUT2D eigenvalue weighted by atomic mass is 9.92. The summed E-state index contributed by atoms with van der Waals surface area (Å²) in [7, 11) is 0. The highest BCUT2D eigenvalue weighted by Gasteiger charge is 2.19. The first-order chi connectivity index (χ1) is 10.8. The van der Waals surface area contributed by atoms with Crippen molar-refractivity contribution in [2.75, 3.05) is 11.9 Å². The number of nitrogens with one attached hydrogen (secondary N) is 2. The molecular weight excluding hydrogens is 288 g/mol. The smallest absolute Gasteiger partial charge is 0.319 e. The number of hydrogen-bond acceptors (Lipinski definition) is 2. The third-order valence-corrected chi connectivity index (χ3v) is 4.17. The van der Waals surface area contributed by atoms with Crippen LogP contribution >= 0.6 is 0 Å². The Morgan fingerprint density at radius 1 is 1.04 bits per heavy atom. The van der Waals surface area contributed by atoms with E-state index in [1.807, 2.05) is 13.8 Å². The van der Waals surface area contributed by atoms with Crippen LogP contribution in [-0.4, -0.2) is 23.8 Å². The molecule has 1 unspecified atom stereocenters. The number of amides is 2. The largest absolute Gasteiger partial charge is 0.396 e. The van der Waals surface area contributed by atoms with Crippen LogP contribution in [0.1, 0.15) is 70.9 Å². The van der Waals surface area contributed by atoms with Crippen molar-refractivity contribution in [2.45, 2.75) is 65.8 Å². The van der Waals surface area contributed by atoms with Crippen molar-refractivity contribution in [1.29, 1.82) is 0 Å². The van der Waals surface area contributed by atoms with E-state index >= 15 is 0 Å². The highest BCUT2D eigenvalue weighted by Crippen LogP contribution is 2.32. The number of carbonyl (C=O) groups excluding carboxylic acids is 1. The first kappa shape index (κ1) is 19.5. The summed E-state index contributed by atoms with van der Waals surface area (Å²) < 4.78 is 0. The second-order valence-corrected chi connectivity index (χ2v) is 7.08. The van der Waals surface area contributed by atoms with E-state index in [1.165, 1.54) is 0 Å². The molecule has 1 atom stereocenters. The van der Waals surface area contributed by atoms with E-state index in [2.05, 4.69) is 56.5 Å². The molecule has 0 aliphatic rings. The van der Waals surface area contributed by atoms with Gasteiger partial charge in [-0.3, -0.25) is 0 Å². The minimum absolute atomic E-state index is 0.0336. The molecule has 0 saturated carbocycles. The van der Waals surface area contributed by atoms with Crippen molar-refractivity contribution in [3.05, 3.63) is 29.3 Å². The average molecular weight is 320 g/mol. The van der Waals surface area contributed by atoms with Gasteiger partial charge >= 0.3 is 6.03 Å². The Morgan fingerprint density at radius 2 is 1.57 bits per heavy atom. The van der Waals surface area contributed by atoms with Gasteiger partial charge in [0.05, 0.1) is 0 Å². The third-order valence-electron chi connectivity index (χ3n) is 4.17. The van der Waals surface area contributed by atoms with E-state index in [0.717, 1.165) is 16.8 Å². The maximum atomic E-state index is 12.4. The van der Waals surface area contributed by atoms with E-state index in [9.17, 15) is 4.79 Å². The van der Waals surface area contributed by atoms with Gasteiger partial charge < -0.3 is 15.7 Å². The Labute approximate surface area is 140 Å². The highest BCUT2D eigenvalue weighted by atomic mass is 16.3. The van der Waals surface area contributed by atoms with E-state index in [1.54, 1.807) is 0 Å². The van der Waals surface area contributed by atoms with Crippen molar-refractivity contribution in [3.8, 4) is 0 Å². The molecule has 1 aromatic carbocycles. The summed E-state index contributed by atoms with van der Waals surface area (Å²) in [6.07, 6.45) is 0.563. The van der Waals surface area contributed by atoms with Gasteiger partial charge in [-0.25, -0.2) is 4.79 Å². The number of aliphatic hydroxyl groups excluding tert-OH is 1. The van der Waals surface area contributed by atoms with E-state index in [0.29, 0.717) is 18.3 Å². The Morgan fingerprint density at radius 3 is 1.96 bits per heavy atom. The summed E-state index contributed by atoms with van der Waals surface area (Å²) in [6.45, 7) is 12.7. The molecule has 0 bridgehead atoms. The molecule has 0 heterocycles. The van der Waals surface area contributed by atoms with Gasteiger partial charge in [0.1, 0.15) is 0 Å². The molecule has 4 heteroatoms. The van der Waals surface area contributed by atoms with Crippen molar-refractivity contribution in [3.63, 3.8) is 0 Å². The van der Waals surface area contributed by atoms with Crippen LogP contribution in [0.3, 0.4) is 0 Å². The summed E-state index contributed by atoms with van der Waals surface area (Å²) in [5.41, 5.74) is 3.21. The predicted octanol–water partition coefficient (Wildman–Crippen LogP) is 4.46. The summed E-state index contributed by atoms with van der Waals surface area (Å²) in [6, 6.07) is 5.96. The quantitative estimate of drug-likeness (QED) is 0.694. The van der Waals surface area contributed by atoms with Crippen LogP contribution in [0.2, 0.25) is 0 Å². The first-order valence-corrected chi connectivity index (χ1v) is 8.59. The molecule has 0 aliphatic heterocycles. The van der Waals surface area contributed by atoms with Gasteiger partial charge in [0, 0.05) is 18.3 Å². The number of hydrogen-bond donors (Lipinski definition) is 3. The number of para-hydroxylation sites is 1. The van der Waals surface area contributed by atoms with E-state index in [-0.39, 0.29) is 24.6 Å². The van der Waals surface area contributed by atoms with Gasteiger partial charge in [0.2, 0.25) is 0 Å². The lowest BCUT2D eigenvalue weighted by Gasteiger charge is -2.24. The number of carbonyl (C=O) groups is 1. The second-order valence-electron chi connectivity index (χ2n) is 7.08. The second kappa shape index (κ2) is 8.92. The van der Waals surface area contributed by atoms with Crippen LogP contribution in [0.15, 0.2) is 18.2 Å². The minimum Gasteiger partial charge on any atom is -0.396 e. The van der Waals surface area contributed by atoms with E-state index in [4.69, 9.17) is 5.11 Å². The zero-order valence-electron chi connectivity index (χ0n) is 15.3. The normalized spacial score (nSPS) is 12.8. The van der Waals surface area contributed by atoms with Crippen molar-refractivity contribution >= 4 is 11.7 Å². The minimum atomic E-state index is -0.202. The zero-order valence-corrected chi connectivity index (χ0v) is 15.3. The van der Waals surface area contributed by atoms with Crippen molar-refractivity contribution in [2.24, 2.45) is 5.92 Å². The number of anilines is 1. The molecule has 0 saturated heterocycles. The molecule has 1 aromatic rings. The molecule has 1 rings (SSSR count). The molecule has 0 radical (unpaired) electrons. The van der Waals surface area contributed by atoms with Gasteiger partial charge in [0.25, 0.3) is 0 Å². The van der Waals surface area contributed by atoms with Crippen LogP contribution in [0.25, 0.3) is 0 Å². The lowest BCUT2D eigenvalue weighted by Crippen LogP contribution is -2.42. The molecule has 4 nitrogen and oxygen atoms in total. The molecule has 2 amide bonds. The Hall–Kier alpha value is -1.55. The highest BCUT2D eigenvalue weighted by molar-refractivity contribution is 5.91. The molecule has 0 aliphatic carbocycles. The number of aliphatic hydroxyl groups is 1. The first-order valence-electron chi connectivity index (χ1n) is 8.59. The SMILES string of the molecule is CC(C)c1cccc(C(C)C)c1NC(=O)NC(CCO)C(C)C. The molecule has 0 spiro atoms. The summed E-state index contributed by atoms with van der Waals surface area (Å²) in [4.78, 5) is 12.4. The fourth-order valence-corrected chi connectivity index (χ4v) is 2.72. The van der Waals surface area contributed by atoms with Crippen LogP contribution in [0.5, 0.6) is 0 Å². The molecule has 3 N–H and O–H groups in total. The van der Waals surface area contributed by atoms with Crippen LogP contribution in [0, 0.1) is 5.92 Å². The standard InChI is InChI=1S/C19H32N2O2/c1-12(2)15-8-7-9-16(13(3)4)18(15)21-19(23)20-17(10-11-22)14(5)6/h7-9,12-14,17,22H,10-11H2,1-6H3,(H2,20,21,23). The van der Waals surface area contributed by atoms with Gasteiger partial charge in [-0.2, -0.15) is 0 Å². The fourth-order valence-electron chi connectivity index (χ4n) is 2.72. The maximum absolute atomic E-state index is 12.4. The summed E-state index contributed by atoms with van der Waals surface area (Å²) >= 11 is 0. The average Bonchev–Trinajstić information content (AvgIpc) is 2.46. The Kier molecular flexibility index (Phi) is 7.56. The van der Waals surface area contributed by atoms with Crippen molar-refractivity contribution < 1.29 is 9.90 Å². The van der Waals surface area contributed by atoms with Crippen LogP contribution in [-0.2, 0) is 0 Å². The zero-order chi connectivity index (χ0) is 17.6. The number of rotatable bonds is 7. The van der Waals surface area contributed by atoms with Gasteiger partial charge in [-0.15, -0.1) is 0 Å². The predicted molar refractivity (Wildman–Crippen MR) is 97.1 cm³/mol. The van der Waals surface area contributed by atoms with Gasteiger partial charge in [0.15, 0.2) is 0 Å². The summed E-state index contributed by atoms with van der Waals surface area (Å²) in [5.74, 6) is 0.947. The molecular formula is C19H32N2O2. The fraction of sp³-hybridized carbons (Fsp3) is 0.632. The molecule has 0 fully saturated rings. The van der Waals surface area contributed by atoms with Crippen molar-refractivity contribution in [1.82, 2.24) is 5.32 Å².